The first-order chi connectivity index (χ1) is 18.0. The number of nitrogens with zero attached hydrogens (tertiary/aromatic N) is 1. The van der Waals surface area contributed by atoms with Crippen LogP contribution in [0.1, 0.15) is 55.1 Å². The molecule has 38 heavy (non-hydrogen) atoms. The topological polar surface area (TPSA) is 87.7 Å². The van der Waals surface area contributed by atoms with E-state index in [1.54, 1.807) is 49.6 Å². The summed E-state index contributed by atoms with van der Waals surface area (Å²) in [6.45, 7) is 4.20. The molecule has 0 saturated carbocycles. The average molecular weight is 534 g/mol. The Balaban J connectivity index is 0.00000195. The predicted molar refractivity (Wildman–Crippen MR) is 137 cm³/mol. The molecular formula is C28H34F3N3O4. The molecule has 2 atom stereocenters. The number of allylic oxidation sites excluding steroid dienone is 4. The molecule has 0 aromatic heterocycles. The van der Waals surface area contributed by atoms with Gasteiger partial charge in [-0.2, -0.15) is 13.2 Å². The number of carbonyl (C=O) groups is 3. The van der Waals surface area contributed by atoms with Gasteiger partial charge in [-0.3, -0.25) is 14.4 Å². The molecule has 4 rings (SSSR count). The molecule has 0 saturated heterocycles. The lowest BCUT2D eigenvalue weighted by Gasteiger charge is -2.33. The predicted octanol–water partition coefficient (Wildman–Crippen LogP) is 4.20. The number of nitrogens with one attached hydrogen (secondary N) is 2. The van der Waals surface area contributed by atoms with Crippen molar-refractivity contribution in [1.82, 2.24) is 15.5 Å². The van der Waals surface area contributed by atoms with E-state index < -0.39 is 36.2 Å². The summed E-state index contributed by atoms with van der Waals surface area (Å²) in [7, 11) is 1.60. The Bertz CT molecular complexity index is 1170. The summed E-state index contributed by atoms with van der Waals surface area (Å²) in [5.74, 6) is -1.38. The fourth-order valence-electron chi connectivity index (χ4n) is 4.80. The quantitative estimate of drug-likeness (QED) is 0.608. The molecule has 2 unspecified atom stereocenters. The number of fused-ring (bicyclic) bond motifs is 1. The number of rotatable bonds is 4. The van der Waals surface area contributed by atoms with E-state index in [0.29, 0.717) is 36.2 Å². The average Bonchev–Trinajstić information content (AvgIpc) is 3.17. The molecule has 0 fully saturated rings. The Morgan fingerprint density at radius 2 is 1.92 bits per heavy atom. The molecule has 2 N–H and O–H groups in total. The number of hydrogen-bond donors (Lipinski definition) is 2. The van der Waals surface area contributed by atoms with Gasteiger partial charge in [0, 0.05) is 19.2 Å². The van der Waals surface area contributed by atoms with Crippen LogP contribution in [-0.4, -0.2) is 55.2 Å². The number of hydrogen-bond acceptors (Lipinski definition) is 4. The highest BCUT2D eigenvalue weighted by atomic mass is 19.4. The molecule has 3 amide bonds. The third-order valence-electron chi connectivity index (χ3n) is 6.77. The van der Waals surface area contributed by atoms with E-state index in [9.17, 15) is 27.6 Å². The molecule has 1 aromatic rings. The summed E-state index contributed by atoms with van der Waals surface area (Å²) in [6, 6.07) is 5.05. The number of carbonyl (C=O) groups excluding carboxylic acids is 3. The van der Waals surface area contributed by atoms with Gasteiger partial charge in [-0.15, -0.1) is 0 Å². The minimum Gasteiger partial charge on any atom is -0.461 e. The zero-order valence-electron chi connectivity index (χ0n) is 22.1. The molecule has 206 valence electrons. The van der Waals surface area contributed by atoms with Crippen LogP contribution in [0, 0.1) is 5.41 Å². The lowest BCUT2D eigenvalue weighted by Crippen LogP contribution is -2.51. The van der Waals surface area contributed by atoms with Gasteiger partial charge in [0.1, 0.15) is 12.3 Å². The molecule has 0 spiro atoms. The lowest BCUT2D eigenvalue weighted by atomic mass is 9.72. The Morgan fingerprint density at radius 3 is 2.61 bits per heavy atom. The number of benzene rings is 1. The number of amides is 3. The molecular weight excluding hydrogens is 499 g/mol. The molecule has 7 nitrogen and oxygen atoms in total. The first kappa shape index (κ1) is 29.0. The number of alkyl halides is 3. The number of aryl methyl sites for hydroxylation is 1. The van der Waals surface area contributed by atoms with Gasteiger partial charge >= 0.3 is 6.18 Å². The van der Waals surface area contributed by atoms with E-state index in [-0.39, 0.29) is 23.8 Å². The third kappa shape index (κ3) is 6.65. The first-order valence-corrected chi connectivity index (χ1v) is 12.7. The van der Waals surface area contributed by atoms with Crippen molar-refractivity contribution in [2.24, 2.45) is 5.41 Å². The van der Waals surface area contributed by atoms with Gasteiger partial charge in [0.15, 0.2) is 0 Å². The van der Waals surface area contributed by atoms with Gasteiger partial charge in [0.05, 0.1) is 5.41 Å². The Morgan fingerprint density at radius 1 is 1.18 bits per heavy atom. The highest BCUT2D eigenvalue weighted by molar-refractivity contribution is 5.97. The van der Waals surface area contributed by atoms with Gasteiger partial charge in [0.2, 0.25) is 5.91 Å². The fraction of sp³-hybridized carbons (Fsp3) is 0.464. The molecule has 1 aromatic carbocycles. The Kier molecular flexibility index (Phi) is 9.06. The van der Waals surface area contributed by atoms with Gasteiger partial charge in [-0.25, -0.2) is 0 Å². The SMILES string of the molecule is CC.CNC(=O)C1(C)CCc2cc(C(=O)NC3OC4=C(CC=CC=C4)CN(CC(F)(F)F)C3=O)ccc2C1. The van der Waals surface area contributed by atoms with E-state index in [1.165, 1.54) is 0 Å². The summed E-state index contributed by atoms with van der Waals surface area (Å²) in [5.41, 5.74) is 2.10. The van der Waals surface area contributed by atoms with Gasteiger partial charge in [0.25, 0.3) is 18.0 Å². The summed E-state index contributed by atoms with van der Waals surface area (Å²) < 4.78 is 45.3. The Labute approximate surface area is 220 Å². The van der Waals surface area contributed by atoms with Crippen LogP contribution in [0.5, 0.6) is 0 Å². The lowest BCUT2D eigenvalue weighted by molar-refractivity contribution is -0.165. The highest BCUT2D eigenvalue weighted by Gasteiger charge is 2.40. The first-order valence-electron chi connectivity index (χ1n) is 12.7. The summed E-state index contributed by atoms with van der Waals surface area (Å²) in [4.78, 5) is 39.0. The third-order valence-corrected chi connectivity index (χ3v) is 6.77. The van der Waals surface area contributed by atoms with E-state index in [4.69, 9.17) is 4.74 Å². The van der Waals surface area contributed by atoms with Gasteiger partial charge in [-0.05, 0) is 60.6 Å². The summed E-state index contributed by atoms with van der Waals surface area (Å²) >= 11 is 0. The number of ether oxygens (including phenoxy) is 1. The van der Waals surface area contributed by atoms with Crippen molar-refractivity contribution in [3.8, 4) is 0 Å². The zero-order valence-corrected chi connectivity index (χ0v) is 22.1. The molecule has 10 heteroatoms. The van der Waals surface area contributed by atoms with Gasteiger partial charge in [-0.1, -0.05) is 45.1 Å². The van der Waals surface area contributed by atoms with Crippen LogP contribution < -0.4 is 10.6 Å². The second kappa shape index (κ2) is 11.9. The van der Waals surface area contributed by atoms with Crippen LogP contribution in [0.25, 0.3) is 0 Å². The fourth-order valence-corrected chi connectivity index (χ4v) is 4.80. The molecule has 1 aliphatic heterocycles. The van der Waals surface area contributed by atoms with Crippen molar-refractivity contribution >= 4 is 17.7 Å². The summed E-state index contributed by atoms with van der Waals surface area (Å²) in [5, 5.41) is 5.17. The largest absolute Gasteiger partial charge is 0.461 e. The maximum Gasteiger partial charge on any atom is 0.406 e. The molecule has 0 radical (unpaired) electrons. The molecule has 0 bridgehead atoms. The monoisotopic (exact) mass is 533 g/mol. The van der Waals surface area contributed by atoms with Crippen molar-refractivity contribution in [2.45, 2.75) is 58.9 Å². The molecule has 2 aliphatic carbocycles. The molecule has 1 heterocycles. The second-order valence-corrected chi connectivity index (χ2v) is 9.54. The van der Waals surface area contributed by atoms with Crippen LogP contribution >= 0.6 is 0 Å². The van der Waals surface area contributed by atoms with Crippen molar-refractivity contribution in [3.05, 3.63) is 70.5 Å². The normalized spacial score (nSPS) is 22.7. The van der Waals surface area contributed by atoms with E-state index in [2.05, 4.69) is 10.6 Å². The van der Waals surface area contributed by atoms with Crippen LogP contribution in [0.15, 0.2) is 53.8 Å². The molecule has 3 aliphatic rings. The smallest absolute Gasteiger partial charge is 0.406 e. The minimum absolute atomic E-state index is 0.0427. The van der Waals surface area contributed by atoms with Gasteiger partial charge < -0.3 is 20.3 Å². The van der Waals surface area contributed by atoms with Crippen LogP contribution in [-0.2, 0) is 27.2 Å². The van der Waals surface area contributed by atoms with Crippen LogP contribution in [0.2, 0.25) is 0 Å². The Hall–Kier alpha value is -3.56. The van der Waals surface area contributed by atoms with E-state index in [1.807, 2.05) is 20.8 Å². The highest BCUT2D eigenvalue weighted by Crippen LogP contribution is 2.36. The van der Waals surface area contributed by atoms with E-state index in [0.717, 1.165) is 11.1 Å². The second-order valence-electron chi connectivity index (χ2n) is 9.54. The van der Waals surface area contributed by atoms with Crippen LogP contribution in [0.4, 0.5) is 13.2 Å². The maximum atomic E-state index is 13.2. The van der Waals surface area contributed by atoms with Crippen LogP contribution in [0.3, 0.4) is 0 Å². The zero-order chi connectivity index (χ0) is 28.1. The van der Waals surface area contributed by atoms with Crippen molar-refractivity contribution in [3.63, 3.8) is 0 Å². The van der Waals surface area contributed by atoms with E-state index >= 15 is 0 Å². The maximum absolute atomic E-state index is 13.2. The van der Waals surface area contributed by atoms with Crippen molar-refractivity contribution in [2.75, 3.05) is 20.1 Å². The standard InChI is InChI=1S/C26H28F3N3O4.C2H6/c1-25(24(35)30-2)11-10-16-12-17(8-9-18(16)13-25)21(33)31-22-23(34)32(15-26(27,28)29)14-19-6-4-3-5-7-20(19)36-22;1-2/h3-5,7-9,12,22H,6,10-11,13-15H2,1-2H3,(H,30,35)(H,31,33);1-2H3. The van der Waals surface area contributed by atoms with Crippen molar-refractivity contribution < 1.29 is 32.3 Å². The van der Waals surface area contributed by atoms with Crippen molar-refractivity contribution in [1.29, 1.82) is 0 Å². The number of halogens is 3. The summed E-state index contributed by atoms with van der Waals surface area (Å²) in [6.07, 6.45) is 2.58. The minimum atomic E-state index is -4.60.